The number of carbonyl (C=O) groups is 1. The van der Waals surface area contributed by atoms with Crippen molar-refractivity contribution in [1.29, 1.82) is 0 Å². The van der Waals surface area contributed by atoms with Crippen LogP contribution in [0.15, 0.2) is 49.1 Å². The molecular formula is C25H27F2N5O4. The molecule has 11 heteroatoms. The van der Waals surface area contributed by atoms with Crippen LogP contribution in [0.3, 0.4) is 0 Å². The van der Waals surface area contributed by atoms with Crippen LogP contribution in [0, 0.1) is 0 Å². The third-order valence-corrected chi connectivity index (χ3v) is 6.34. The van der Waals surface area contributed by atoms with Crippen molar-refractivity contribution in [3.63, 3.8) is 0 Å². The number of ether oxygens (including phenoxy) is 2. The van der Waals surface area contributed by atoms with E-state index in [-0.39, 0.29) is 24.5 Å². The summed E-state index contributed by atoms with van der Waals surface area (Å²) in [6.45, 7) is 5.12. The van der Waals surface area contributed by atoms with Crippen LogP contribution in [-0.2, 0) is 4.74 Å². The number of hydrogen-bond acceptors (Lipinski definition) is 7. The van der Waals surface area contributed by atoms with E-state index in [1.807, 2.05) is 6.07 Å². The maximum atomic E-state index is 14.7. The van der Waals surface area contributed by atoms with Gasteiger partial charge in [0.2, 0.25) is 5.88 Å². The minimum absolute atomic E-state index is 0.0255. The number of phenols is 1. The summed E-state index contributed by atoms with van der Waals surface area (Å²) < 4.78 is 42.4. The largest absolute Gasteiger partial charge is 0.507 e. The van der Waals surface area contributed by atoms with Crippen molar-refractivity contribution in [1.82, 2.24) is 24.6 Å². The topological polar surface area (TPSA) is 103 Å². The molecule has 0 saturated carbocycles. The lowest BCUT2D eigenvalue weighted by Crippen LogP contribution is -2.53. The summed E-state index contributed by atoms with van der Waals surface area (Å²) in [6.07, 6.45) is 3.54. The first kappa shape index (κ1) is 24.0. The number of halogens is 2. The van der Waals surface area contributed by atoms with Crippen molar-refractivity contribution in [2.24, 2.45) is 0 Å². The standard InChI is InChI=1S/C25H27F2N5O4/c1-24(2,3)36-23(34)32-16-10-17(12-21(32)25(26,27)13-16)35-22-7-6-19(29-30-22)18-5-4-15(11-20(18)33)31-9-8-28-14-31/h4-9,11,14,16-17,21,33H,10,12-13H2,1-3H3/t16?,17-,21?/m0/s1. The van der Waals surface area contributed by atoms with Gasteiger partial charge in [0.05, 0.1) is 17.7 Å². The van der Waals surface area contributed by atoms with Crippen molar-refractivity contribution >= 4 is 6.09 Å². The molecule has 2 unspecified atom stereocenters. The average molecular weight is 500 g/mol. The molecule has 0 radical (unpaired) electrons. The lowest BCUT2D eigenvalue weighted by molar-refractivity contribution is -0.0609. The fourth-order valence-corrected chi connectivity index (χ4v) is 4.83. The Morgan fingerprint density at radius 3 is 2.58 bits per heavy atom. The Labute approximate surface area is 206 Å². The van der Waals surface area contributed by atoms with Gasteiger partial charge in [0.1, 0.15) is 23.5 Å². The Hall–Kier alpha value is -3.76. The van der Waals surface area contributed by atoms with Gasteiger partial charge in [-0.15, -0.1) is 10.2 Å². The second-order valence-electron chi connectivity index (χ2n) is 10.2. The van der Waals surface area contributed by atoms with E-state index in [9.17, 15) is 18.7 Å². The van der Waals surface area contributed by atoms with E-state index in [1.165, 1.54) is 4.90 Å². The summed E-state index contributed by atoms with van der Waals surface area (Å²) in [5.74, 6) is -2.81. The number of rotatable bonds is 4. The first-order chi connectivity index (χ1) is 17.0. The van der Waals surface area contributed by atoms with Gasteiger partial charge in [0.15, 0.2) is 0 Å². The lowest BCUT2D eigenvalue weighted by atomic mass is 9.99. The third kappa shape index (κ3) is 4.69. The van der Waals surface area contributed by atoms with Crippen LogP contribution >= 0.6 is 0 Å². The zero-order valence-electron chi connectivity index (χ0n) is 20.1. The molecule has 3 aromatic rings. The summed E-state index contributed by atoms with van der Waals surface area (Å²) in [5.41, 5.74) is 0.889. The van der Waals surface area contributed by atoms with E-state index in [4.69, 9.17) is 9.47 Å². The van der Waals surface area contributed by atoms with E-state index in [2.05, 4.69) is 15.2 Å². The molecule has 4 heterocycles. The maximum Gasteiger partial charge on any atom is 0.411 e. The minimum atomic E-state index is -3.02. The van der Waals surface area contributed by atoms with Gasteiger partial charge >= 0.3 is 6.09 Å². The zero-order chi connectivity index (χ0) is 25.7. The van der Waals surface area contributed by atoms with Crippen molar-refractivity contribution < 1.29 is 28.2 Å². The Bertz CT molecular complexity index is 1240. The SMILES string of the molecule is CC(C)(C)OC(=O)N1C2C[C@H](Oc3ccc(-c4ccc(-n5ccnc5)cc4O)nn3)CC1C(F)(F)C2. The Morgan fingerprint density at radius 1 is 1.17 bits per heavy atom. The second kappa shape index (κ2) is 8.72. The highest BCUT2D eigenvalue weighted by Gasteiger charge is 2.60. The molecule has 0 spiro atoms. The number of benzene rings is 1. The first-order valence-electron chi connectivity index (χ1n) is 11.7. The van der Waals surface area contributed by atoms with E-state index < -0.39 is 42.2 Å². The summed E-state index contributed by atoms with van der Waals surface area (Å²) in [4.78, 5) is 17.8. The first-order valence-corrected chi connectivity index (χ1v) is 11.7. The fourth-order valence-electron chi connectivity index (χ4n) is 4.83. The van der Waals surface area contributed by atoms with Gasteiger partial charge in [0.25, 0.3) is 5.92 Å². The molecule has 0 aliphatic carbocycles. The summed E-state index contributed by atoms with van der Waals surface area (Å²) in [5, 5.41) is 18.7. The number of imidazole rings is 1. The van der Waals surface area contributed by atoms with Gasteiger partial charge in [-0.05, 0) is 39.0 Å². The number of hydrogen-bond donors (Lipinski definition) is 1. The Morgan fingerprint density at radius 2 is 1.97 bits per heavy atom. The van der Waals surface area contributed by atoms with E-state index in [0.29, 0.717) is 11.3 Å². The molecule has 2 aliphatic heterocycles. The predicted molar refractivity (Wildman–Crippen MR) is 125 cm³/mol. The smallest absolute Gasteiger partial charge is 0.411 e. The quantitative estimate of drug-likeness (QED) is 0.560. The lowest BCUT2D eigenvalue weighted by Gasteiger charge is -2.39. The van der Waals surface area contributed by atoms with Gasteiger partial charge in [-0.1, -0.05) is 0 Å². The number of phenolic OH excluding ortho intramolecular Hbond substituents is 1. The van der Waals surface area contributed by atoms with Crippen LogP contribution in [0.2, 0.25) is 0 Å². The van der Waals surface area contributed by atoms with Crippen LogP contribution in [0.1, 0.15) is 40.0 Å². The normalized spacial score (nSPS) is 22.9. The molecule has 36 heavy (non-hydrogen) atoms. The number of fused-ring (bicyclic) bond motifs is 2. The molecule has 2 saturated heterocycles. The van der Waals surface area contributed by atoms with Crippen molar-refractivity contribution in [3.05, 3.63) is 49.1 Å². The molecule has 9 nitrogen and oxygen atoms in total. The molecule has 2 fully saturated rings. The van der Waals surface area contributed by atoms with Gasteiger partial charge in [-0.2, -0.15) is 0 Å². The molecule has 1 amide bonds. The number of nitrogens with zero attached hydrogens (tertiary/aromatic N) is 5. The molecule has 1 N–H and O–H groups in total. The summed E-state index contributed by atoms with van der Waals surface area (Å²) >= 11 is 0. The number of piperidine rings is 1. The average Bonchev–Trinajstić information content (AvgIpc) is 3.38. The van der Waals surface area contributed by atoms with E-state index in [0.717, 1.165) is 5.69 Å². The molecular weight excluding hydrogens is 472 g/mol. The highest BCUT2D eigenvalue weighted by Crippen LogP contribution is 2.47. The number of amides is 1. The van der Waals surface area contributed by atoms with Crippen LogP contribution in [0.25, 0.3) is 16.9 Å². The van der Waals surface area contributed by atoms with Crippen LogP contribution in [-0.4, -0.2) is 65.6 Å². The third-order valence-electron chi connectivity index (χ3n) is 6.34. The maximum absolute atomic E-state index is 14.7. The highest BCUT2D eigenvalue weighted by atomic mass is 19.3. The van der Waals surface area contributed by atoms with Crippen molar-refractivity contribution in [2.75, 3.05) is 0 Å². The minimum Gasteiger partial charge on any atom is -0.507 e. The van der Waals surface area contributed by atoms with E-state index >= 15 is 0 Å². The highest BCUT2D eigenvalue weighted by molar-refractivity contribution is 5.70. The summed E-state index contributed by atoms with van der Waals surface area (Å²) in [6, 6.07) is 6.39. The molecule has 190 valence electrons. The van der Waals surface area contributed by atoms with Crippen molar-refractivity contribution in [3.8, 4) is 28.6 Å². The monoisotopic (exact) mass is 499 g/mol. The molecule has 1 aromatic carbocycles. The molecule has 2 aromatic heterocycles. The van der Waals surface area contributed by atoms with Gasteiger partial charge < -0.3 is 19.1 Å². The second-order valence-corrected chi connectivity index (χ2v) is 10.2. The van der Waals surface area contributed by atoms with Gasteiger partial charge in [-0.25, -0.2) is 18.6 Å². The van der Waals surface area contributed by atoms with Gasteiger partial charge in [0, 0.05) is 55.4 Å². The summed E-state index contributed by atoms with van der Waals surface area (Å²) in [7, 11) is 0. The number of carbonyl (C=O) groups excluding carboxylic acids is 1. The Balaban J connectivity index is 1.27. The number of alkyl halides is 2. The number of aromatic nitrogens is 4. The van der Waals surface area contributed by atoms with E-state index in [1.54, 1.807) is 68.3 Å². The molecule has 2 bridgehead atoms. The molecule has 5 rings (SSSR count). The fraction of sp³-hybridized carbons (Fsp3) is 0.440. The van der Waals surface area contributed by atoms with Crippen molar-refractivity contribution in [2.45, 2.75) is 69.7 Å². The Kier molecular flexibility index (Phi) is 5.80. The number of aromatic hydroxyl groups is 1. The van der Waals surface area contributed by atoms with Crippen LogP contribution in [0.5, 0.6) is 11.6 Å². The van der Waals surface area contributed by atoms with Crippen LogP contribution in [0.4, 0.5) is 13.6 Å². The molecule has 2 aliphatic rings. The zero-order valence-corrected chi connectivity index (χ0v) is 20.1. The molecule has 3 atom stereocenters. The van der Waals surface area contributed by atoms with Gasteiger partial charge in [-0.3, -0.25) is 4.90 Å². The van der Waals surface area contributed by atoms with Crippen LogP contribution < -0.4 is 4.74 Å². The predicted octanol–water partition coefficient (Wildman–Crippen LogP) is 4.59.